The van der Waals surface area contributed by atoms with Gasteiger partial charge in [-0.05, 0) is 44.9 Å². The zero-order valence-electron chi connectivity index (χ0n) is 11.9. The van der Waals surface area contributed by atoms with Gasteiger partial charge in [-0.3, -0.25) is 10.1 Å². The Hall–Kier alpha value is -1.62. The molecule has 0 aromatic heterocycles. The standard InChI is InChI=1S/C15H21FN2O2/c1-10(13-9-12(16)5-6-14(13)19)17-11(2)15(20)18-7-3-4-8-18/h5-6,9-11,17,19H,3-4,7-8H2,1-2H3. The molecule has 0 saturated carbocycles. The van der Waals surface area contributed by atoms with Crippen molar-refractivity contribution in [1.29, 1.82) is 0 Å². The number of amides is 1. The van der Waals surface area contributed by atoms with E-state index in [2.05, 4.69) is 5.32 Å². The molecule has 1 aliphatic heterocycles. The molecule has 0 radical (unpaired) electrons. The number of phenolic OH excluding ortho intramolecular Hbond substituents is 1. The number of aromatic hydroxyl groups is 1. The molecule has 2 N–H and O–H groups in total. The van der Waals surface area contributed by atoms with Gasteiger partial charge in [0.05, 0.1) is 6.04 Å². The summed E-state index contributed by atoms with van der Waals surface area (Å²) in [4.78, 5) is 14.0. The fraction of sp³-hybridized carbons (Fsp3) is 0.533. The minimum Gasteiger partial charge on any atom is -0.508 e. The number of phenols is 1. The summed E-state index contributed by atoms with van der Waals surface area (Å²) in [7, 11) is 0. The summed E-state index contributed by atoms with van der Waals surface area (Å²) in [5.41, 5.74) is 0.464. The Labute approximate surface area is 118 Å². The second kappa shape index (κ2) is 6.22. The number of likely N-dealkylation sites (tertiary alicyclic amines) is 1. The van der Waals surface area contributed by atoms with Crippen LogP contribution in [0, 0.1) is 5.82 Å². The highest BCUT2D eigenvalue weighted by Crippen LogP contribution is 2.25. The average molecular weight is 280 g/mol. The lowest BCUT2D eigenvalue weighted by Gasteiger charge is -2.24. The Morgan fingerprint density at radius 2 is 2.00 bits per heavy atom. The van der Waals surface area contributed by atoms with Gasteiger partial charge in [0, 0.05) is 24.7 Å². The second-order valence-electron chi connectivity index (χ2n) is 5.35. The Bertz CT molecular complexity index is 487. The minimum atomic E-state index is -0.398. The predicted molar refractivity (Wildman–Crippen MR) is 74.9 cm³/mol. The highest BCUT2D eigenvalue weighted by molar-refractivity contribution is 5.81. The van der Waals surface area contributed by atoms with Gasteiger partial charge in [-0.25, -0.2) is 4.39 Å². The smallest absolute Gasteiger partial charge is 0.239 e. The first kappa shape index (κ1) is 14.8. The van der Waals surface area contributed by atoms with Crippen LogP contribution in [0.1, 0.15) is 38.3 Å². The number of halogens is 1. The molecule has 1 saturated heterocycles. The summed E-state index contributed by atoms with van der Waals surface area (Å²) >= 11 is 0. The molecule has 1 fully saturated rings. The number of hydrogen-bond acceptors (Lipinski definition) is 3. The number of carbonyl (C=O) groups is 1. The summed E-state index contributed by atoms with van der Waals surface area (Å²) in [6.07, 6.45) is 2.11. The molecule has 1 amide bonds. The molecule has 1 aromatic rings. The van der Waals surface area contributed by atoms with Crippen LogP contribution < -0.4 is 5.32 Å². The first-order valence-electron chi connectivity index (χ1n) is 7.02. The maximum absolute atomic E-state index is 13.2. The van der Waals surface area contributed by atoms with Crippen LogP contribution in [0.4, 0.5) is 4.39 Å². The van der Waals surface area contributed by atoms with Gasteiger partial charge in [-0.15, -0.1) is 0 Å². The summed E-state index contributed by atoms with van der Waals surface area (Å²) in [6, 6.07) is 3.18. The Morgan fingerprint density at radius 3 is 2.65 bits per heavy atom. The van der Waals surface area contributed by atoms with E-state index in [4.69, 9.17) is 0 Å². The molecule has 2 unspecified atom stereocenters. The summed E-state index contributed by atoms with van der Waals surface area (Å²) < 4.78 is 13.2. The van der Waals surface area contributed by atoms with E-state index in [1.807, 2.05) is 11.8 Å². The SMILES string of the molecule is CC(NC(C)c1cc(F)ccc1O)C(=O)N1CCCC1. The van der Waals surface area contributed by atoms with Crippen LogP contribution >= 0.6 is 0 Å². The molecule has 2 rings (SSSR count). The summed E-state index contributed by atoms with van der Waals surface area (Å²) in [5, 5.41) is 12.9. The highest BCUT2D eigenvalue weighted by Gasteiger charge is 2.25. The highest BCUT2D eigenvalue weighted by atomic mass is 19.1. The van der Waals surface area contributed by atoms with Gasteiger partial charge >= 0.3 is 0 Å². The Balaban J connectivity index is 2.01. The lowest BCUT2D eigenvalue weighted by Crippen LogP contribution is -2.44. The minimum absolute atomic E-state index is 0.0345. The zero-order valence-corrected chi connectivity index (χ0v) is 11.9. The maximum Gasteiger partial charge on any atom is 0.239 e. The Kier molecular flexibility index (Phi) is 4.60. The van der Waals surface area contributed by atoms with Crippen molar-refractivity contribution in [3.05, 3.63) is 29.6 Å². The van der Waals surface area contributed by atoms with Crippen molar-refractivity contribution in [3.8, 4) is 5.75 Å². The van der Waals surface area contributed by atoms with Crippen molar-refractivity contribution in [3.63, 3.8) is 0 Å². The first-order chi connectivity index (χ1) is 9.49. The number of carbonyl (C=O) groups excluding carboxylic acids is 1. The second-order valence-corrected chi connectivity index (χ2v) is 5.35. The van der Waals surface area contributed by atoms with E-state index < -0.39 is 5.82 Å². The first-order valence-corrected chi connectivity index (χ1v) is 7.02. The van der Waals surface area contributed by atoms with Gasteiger partial charge < -0.3 is 10.0 Å². The molecular weight excluding hydrogens is 259 g/mol. The van der Waals surface area contributed by atoms with Crippen molar-refractivity contribution in [2.45, 2.75) is 38.8 Å². The fourth-order valence-corrected chi connectivity index (χ4v) is 2.62. The fourth-order valence-electron chi connectivity index (χ4n) is 2.62. The normalized spacial score (nSPS) is 18.1. The molecule has 20 heavy (non-hydrogen) atoms. The summed E-state index contributed by atoms with van der Waals surface area (Å²) in [5.74, 6) is -0.303. The van der Waals surface area contributed by atoms with Crippen LogP contribution in [0.15, 0.2) is 18.2 Å². The molecule has 0 aliphatic carbocycles. The van der Waals surface area contributed by atoms with E-state index in [9.17, 15) is 14.3 Å². The predicted octanol–water partition coefficient (Wildman–Crippen LogP) is 2.19. The van der Waals surface area contributed by atoms with Crippen LogP contribution in [0.5, 0.6) is 5.75 Å². The number of rotatable bonds is 4. The third-order valence-electron chi connectivity index (χ3n) is 3.74. The maximum atomic E-state index is 13.2. The van der Waals surface area contributed by atoms with Gasteiger partial charge in [0.25, 0.3) is 0 Å². The number of nitrogens with zero attached hydrogens (tertiary/aromatic N) is 1. The van der Waals surface area contributed by atoms with Crippen molar-refractivity contribution in [2.24, 2.45) is 0 Å². The van der Waals surface area contributed by atoms with Crippen molar-refractivity contribution >= 4 is 5.91 Å². The van der Waals surface area contributed by atoms with Crippen LogP contribution in [-0.4, -0.2) is 35.0 Å². The Morgan fingerprint density at radius 1 is 1.35 bits per heavy atom. The topological polar surface area (TPSA) is 52.6 Å². The molecule has 5 heteroatoms. The quantitative estimate of drug-likeness (QED) is 0.889. The lowest BCUT2D eigenvalue weighted by atomic mass is 10.1. The zero-order chi connectivity index (χ0) is 14.7. The number of hydrogen-bond donors (Lipinski definition) is 2. The van der Waals surface area contributed by atoms with E-state index in [1.54, 1.807) is 6.92 Å². The third kappa shape index (κ3) is 3.28. The van der Waals surface area contributed by atoms with Gasteiger partial charge in [-0.2, -0.15) is 0 Å². The third-order valence-corrected chi connectivity index (χ3v) is 3.74. The van der Waals surface area contributed by atoms with E-state index in [1.165, 1.54) is 18.2 Å². The van der Waals surface area contributed by atoms with Gasteiger partial charge in [-0.1, -0.05) is 0 Å². The van der Waals surface area contributed by atoms with E-state index in [0.29, 0.717) is 5.56 Å². The molecule has 4 nitrogen and oxygen atoms in total. The summed E-state index contributed by atoms with van der Waals surface area (Å²) in [6.45, 7) is 5.23. The van der Waals surface area contributed by atoms with E-state index in [0.717, 1.165) is 25.9 Å². The van der Waals surface area contributed by atoms with Crippen molar-refractivity contribution < 1.29 is 14.3 Å². The average Bonchev–Trinajstić information content (AvgIpc) is 2.94. The number of benzene rings is 1. The molecule has 2 atom stereocenters. The van der Waals surface area contributed by atoms with E-state index in [-0.39, 0.29) is 23.7 Å². The molecular formula is C15H21FN2O2. The van der Waals surface area contributed by atoms with Crippen LogP contribution in [-0.2, 0) is 4.79 Å². The van der Waals surface area contributed by atoms with Crippen molar-refractivity contribution in [2.75, 3.05) is 13.1 Å². The van der Waals surface area contributed by atoms with Crippen LogP contribution in [0.2, 0.25) is 0 Å². The van der Waals surface area contributed by atoms with Gasteiger partial charge in [0.2, 0.25) is 5.91 Å². The molecule has 110 valence electrons. The monoisotopic (exact) mass is 280 g/mol. The molecule has 1 heterocycles. The van der Waals surface area contributed by atoms with Gasteiger partial charge in [0.1, 0.15) is 11.6 Å². The van der Waals surface area contributed by atoms with Gasteiger partial charge in [0.15, 0.2) is 0 Å². The largest absolute Gasteiger partial charge is 0.508 e. The van der Waals surface area contributed by atoms with Crippen LogP contribution in [0.3, 0.4) is 0 Å². The molecule has 1 aromatic carbocycles. The van der Waals surface area contributed by atoms with E-state index >= 15 is 0 Å². The molecule has 0 spiro atoms. The number of nitrogens with one attached hydrogen (secondary N) is 1. The molecule has 1 aliphatic rings. The lowest BCUT2D eigenvalue weighted by molar-refractivity contribution is -0.132. The van der Waals surface area contributed by atoms with Crippen LogP contribution in [0.25, 0.3) is 0 Å². The molecule has 0 bridgehead atoms. The van der Waals surface area contributed by atoms with Crippen molar-refractivity contribution in [1.82, 2.24) is 10.2 Å².